The van der Waals surface area contributed by atoms with Crippen LogP contribution >= 0.6 is 19.2 Å². The van der Waals surface area contributed by atoms with E-state index in [2.05, 4.69) is 4.52 Å². The van der Waals surface area contributed by atoms with E-state index in [1.807, 2.05) is 0 Å². The zero-order chi connectivity index (χ0) is 27.7. The van der Waals surface area contributed by atoms with E-state index in [4.69, 9.17) is 10.5 Å². The SMILES string of the molecule is NC(CO)(CCc1ccc2sc3cc(Oc4cccc(C(F)(F)F)c4)ccc3c(=O)c2c1)COP(=O)([O-])[O-]. The number of fused-ring (bicyclic) bond motifs is 2. The normalized spacial score (nSPS) is 14.1. The Hall–Kier alpha value is -2.83. The maximum absolute atomic E-state index is 13.2. The third-order valence-electron chi connectivity index (χ3n) is 5.84. The molecule has 1 aromatic heterocycles. The van der Waals surface area contributed by atoms with Crippen LogP contribution in [0.4, 0.5) is 13.2 Å². The van der Waals surface area contributed by atoms with E-state index in [-0.39, 0.29) is 29.8 Å². The van der Waals surface area contributed by atoms with E-state index in [1.165, 1.54) is 29.5 Å². The maximum atomic E-state index is 13.2. The number of aliphatic hydroxyl groups is 1. The van der Waals surface area contributed by atoms with Crippen molar-refractivity contribution in [2.45, 2.75) is 24.6 Å². The smallest absolute Gasteiger partial charge is 0.416 e. The predicted molar refractivity (Wildman–Crippen MR) is 133 cm³/mol. The van der Waals surface area contributed by atoms with Crippen LogP contribution in [0.25, 0.3) is 20.2 Å². The summed E-state index contributed by atoms with van der Waals surface area (Å²) in [5.41, 5.74) is 4.10. The molecule has 0 spiro atoms. The number of phosphoric acid groups is 1. The Bertz CT molecular complexity index is 1590. The molecule has 13 heteroatoms. The summed E-state index contributed by atoms with van der Waals surface area (Å²) >= 11 is 1.30. The van der Waals surface area contributed by atoms with Crippen LogP contribution in [0.3, 0.4) is 0 Å². The zero-order valence-corrected chi connectivity index (χ0v) is 21.3. The molecule has 1 atom stereocenters. The molecule has 8 nitrogen and oxygen atoms in total. The second kappa shape index (κ2) is 10.7. The highest BCUT2D eigenvalue weighted by molar-refractivity contribution is 7.43. The van der Waals surface area contributed by atoms with Crippen molar-refractivity contribution in [3.8, 4) is 11.5 Å². The fraction of sp³-hybridized carbons (Fsp3) is 0.240. The molecule has 4 aromatic rings. The van der Waals surface area contributed by atoms with Crippen molar-refractivity contribution in [3.63, 3.8) is 0 Å². The summed E-state index contributed by atoms with van der Waals surface area (Å²) in [4.78, 5) is 34.7. The Labute approximate surface area is 218 Å². The molecule has 3 aromatic carbocycles. The number of aryl methyl sites for hydroxylation is 1. The Balaban J connectivity index is 1.57. The minimum absolute atomic E-state index is 0.00883. The Morgan fingerprint density at radius 3 is 2.39 bits per heavy atom. The summed E-state index contributed by atoms with van der Waals surface area (Å²) < 4.78 is 60.8. The zero-order valence-electron chi connectivity index (χ0n) is 19.6. The second-order valence-corrected chi connectivity index (χ2v) is 11.0. The van der Waals surface area contributed by atoms with E-state index in [9.17, 15) is 37.4 Å². The van der Waals surface area contributed by atoms with Crippen LogP contribution in [0.1, 0.15) is 17.5 Å². The van der Waals surface area contributed by atoms with Gasteiger partial charge in [0.25, 0.3) is 0 Å². The molecule has 38 heavy (non-hydrogen) atoms. The van der Waals surface area contributed by atoms with Crippen LogP contribution < -0.4 is 25.7 Å². The van der Waals surface area contributed by atoms with Crippen LogP contribution in [0.15, 0.2) is 65.5 Å². The fourth-order valence-corrected chi connectivity index (χ4v) is 5.27. The molecule has 1 heterocycles. The Morgan fingerprint density at radius 2 is 1.71 bits per heavy atom. The highest BCUT2D eigenvalue weighted by Gasteiger charge is 2.30. The van der Waals surface area contributed by atoms with Gasteiger partial charge in [-0.3, -0.25) is 4.79 Å². The molecular formula is C25H21F3NO7PS-2. The first-order valence-corrected chi connectivity index (χ1v) is 13.5. The predicted octanol–water partition coefficient (Wildman–Crippen LogP) is 3.69. The number of benzene rings is 3. The lowest BCUT2D eigenvalue weighted by atomic mass is 9.93. The van der Waals surface area contributed by atoms with Gasteiger partial charge in [-0.25, -0.2) is 0 Å². The van der Waals surface area contributed by atoms with Crippen LogP contribution in [-0.2, 0) is 21.7 Å². The lowest BCUT2D eigenvalue weighted by molar-refractivity contribution is -0.342. The van der Waals surface area contributed by atoms with Crippen molar-refractivity contribution in [2.75, 3.05) is 13.2 Å². The number of phosphoric ester groups is 1. The van der Waals surface area contributed by atoms with Crippen molar-refractivity contribution in [1.82, 2.24) is 0 Å². The fourth-order valence-electron chi connectivity index (χ4n) is 3.77. The number of hydrogen-bond donors (Lipinski definition) is 2. The number of nitrogens with two attached hydrogens (primary N) is 1. The van der Waals surface area contributed by atoms with Gasteiger partial charge in [0, 0.05) is 20.2 Å². The molecule has 0 aliphatic rings. The number of aliphatic hydroxyl groups excluding tert-OH is 1. The minimum Gasteiger partial charge on any atom is -0.790 e. The third kappa shape index (κ3) is 6.78. The van der Waals surface area contributed by atoms with E-state index in [0.717, 1.165) is 12.1 Å². The molecule has 0 fully saturated rings. The van der Waals surface area contributed by atoms with Gasteiger partial charge in [-0.1, -0.05) is 12.1 Å². The summed E-state index contributed by atoms with van der Waals surface area (Å²) in [5, 5.41) is 10.4. The molecule has 1 unspecified atom stereocenters. The molecule has 0 aliphatic heterocycles. The van der Waals surface area contributed by atoms with Crippen LogP contribution in [0.2, 0.25) is 0 Å². The van der Waals surface area contributed by atoms with E-state index >= 15 is 0 Å². The lowest BCUT2D eigenvalue weighted by Gasteiger charge is -2.34. The molecular weight excluding hydrogens is 546 g/mol. The number of hydrogen-bond acceptors (Lipinski definition) is 9. The standard InChI is InChI=1S/C25H23F3NO7PS/c26-25(27,28)16-2-1-3-17(11-16)36-18-5-6-19-22(12-18)38-21-7-4-15(10-20(21)23(19)31)8-9-24(29,13-30)14-35-37(32,33)34/h1-7,10-12,30H,8-9,13-14,29H2,(H2,32,33,34)/p-2. The van der Waals surface area contributed by atoms with Crippen LogP contribution in [0, 0.1) is 0 Å². The van der Waals surface area contributed by atoms with Gasteiger partial charge in [0.1, 0.15) is 11.5 Å². The van der Waals surface area contributed by atoms with Gasteiger partial charge in [-0.2, -0.15) is 13.2 Å². The summed E-state index contributed by atoms with van der Waals surface area (Å²) in [6, 6.07) is 14.3. The summed E-state index contributed by atoms with van der Waals surface area (Å²) in [6.45, 7) is -1.29. The second-order valence-electron chi connectivity index (χ2n) is 8.79. The molecule has 0 bridgehead atoms. The van der Waals surface area contributed by atoms with E-state index in [1.54, 1.807) is 30.3 Å². The third-order valence-corrected chi connectivity index (χ3v) is 7.42. The molecule has 0 saturated carbocycles. The van der Waals surface area contributed by atoms with Gasteiger partial charge < -0.3 is 34.5 Å². The number of halogens is 3. The average molecular weight is 567 g/mol. The first kappa shape index (κ1) is 28.2. The van der Waals surface area contributed by atoms with E-state index in [0.29, 0.717) is 25.7 Å². The van der Waals surface area contributed by atoms with Gasteiger partial charge in [0.2, 0.25) is 0 Å². The van der Waals surface area contributed by atoms with Gasteiger partial charge >= 0.3 is 6.18 Å². The molecule has 3 N–H and O–H groups in total. The lowest BCUT2D eigenvalue weighted by Crippen LogP contribution is -2.49. The highest BCUT2D eigenvalue weighted by Crippen LogP contribution is 2.34. The van der Waals surface area contributed by atoms with Gasteiger partial charge in [0.05, 0.1) is 32.1 Å². The van der Waals surface area contributed by atoms with Crippen LogP contribution in [0.5, 0.6) is 11.5 Å². The van der Waals surface area contributed by atoms with Gasteiger partial charge in [-0.05, 0) is 66.9 Å². The van der Waals surface area contributed by atoms with Gasteiger partial charge in [0.15, 0.2) is 5.43 Å². The first-order valence-electron chi connectivity index (χ1n) is 11.2. The van der Waals surface area contributed by atoms with Crippen molar-refractivity contribution >= 4 is 39.3 Å². The Kier molecular flexibility index (Phi) is 7.96. The largest absolute Gasteiger partial charge is 0.790 e. The molecule has 0 amide bonds. The molecule has 0 radical (unpaired) electrons. The maximum Gasteiger partial charge on any atom is 0.416 e. The minimum atomic E-state index is -5.25. The van der Waals surface area contributed by atoms with Crippen molar-refractivity contribution in [2.24, 2.45) is 5.73 Å². The van der Waals surface area contributed by atoms with Crippen molar-refractivity contribution in [1.29, 1.82) is 0 Å². The topological polar surface area (TPSA) is 145 Å². The molecule has 0 saturated heterocycles. The molecule has 0 aliphatic carbocycles. The average Bonchev–Trinajstić information content (AvgIpc) is 2.86. The van der Waals surface area contributed by atoms with Crippen molar-refractivity contribution in [3.05, 3.63) is 82.0 Å². The summed E-state index contributed by atoms with van der Waals surface area (Å²) in [5.74, 6) is 0.282. The highest BCUT2D eigenvalue weighted by atomic mass is 32.1. The summed E-state index contributed by atoms with van der Waals surface area (Å²) in [7, 11) is -5.25. The van der Waals surface area contributed by atoms with Crippen LogP contribution in [-0.4, -0.2) is 23.9 Å². The first-order chi connectivity index (χ1) is 17.8. The molecule has 4 rings (SSSR count). The van der Waals surface area contributed by atoms with E-state index < -0.39 is 38.3 Å². The number of ether oxygens (including phenoxy) is 1. The summed E-state index contributed by atoms with van der Waals surface area (Å²) in [6.07, 6.45) is -4.16. The Morgan fingerprint density at radius 1 is 0.974 bits per heavy atom. The monoisotopic (exact) mass is 567 g/mol. The molecule has 202 valence electrons. The number of alkyl halides is 3. The van der Waals surface area contributed by atoms with Crippen molar-refractivity contribution < 1.29 is 41.9 Å². The number of rotatable bonds is 9. The quantitative estimate of drug-likeness (QED) is 0.230. The van der Waals surface area contributed by atoms with Gasteiger partial charge in [-0.15, -0.1) is 11.3 Å².